The number of hydrogen-bond acceptors (Lipinski definition) is 3. The van der Waals surface area contributed by atoms with Crippen LogP contribution in [0.3, 0.4) is 0 Å². The third-order valence-electron chi connectivity index (χ3n) is 8.21. The van der Waals surface area contributed by atoms with Crippen LogP contribution in [-0.4, -0.2) is 72.6 Å². The predicted molar refractivity (Wildman–Crippen MR) is 111 cm³/mol. The second-order valence-corrected chi connectivity index (χ2v) is 11.1. The monoisotopic (exact) mass is 361 g/mol. The van der Waals surface area contributed by atoms with Crippen LogP contribution in [-0.2, 0) is 0 Å². The van der Waals surface area contributed by atoms with Crippen LogP contribution in [0.25, 0.3) is 0 Å². The molecule has 1 spiro atoms. The molecule has 3 heteroatoms. The van der Waals surface area contributed by atoms with Crippen molar-refractivity contribution in [1.82, 2.24) is 14.7 Å². The standard InChI is InChI=1S/C23H43N3/c1-19(2)15-23(5-6-23)18-24-9-7-22(8-10-24)16-21(17-22)26-13-11-25(12-14-26)20(3)4/h19-21H,5-18H2,1-4H3. The molecule has 0 atom stereocenters. The Balaban J connectivity index is 1.18. The van der Waals surface area contributed by atoms with Crippen LogP contribution in [0.4, 0.5) is 0 Å². The van der Waals surface area contributed by atoms with Gasteiger partial charge in [-0.1, -0.05) is 13.8 Å². The first kappa shape index (κ1) is 19.2. The molecule has 0 aromatic heterocycles. The van der Waals surface area contributed by atoms with Crippen LogP contribution in [0.2, 0.25) is 0 Å². The summed E-state index contributed by atoms with van der Waals surface area (Å²) in [7, 11) is 0. The molecule has 150 valence electrons. The summed E-state index contributed by atoms with van der Waals surface area (Å²) in [5.74, 6) is 0.872. The zero-order valence-corrected chi connectivity index (χ0v) is 18.0. The number of hydrogen-bond donors (Lipinski definition) is 0. The average molecular weight is 362 g/mol. The summed E-state index contributed by atoms with van der Waals surface area (Å²) in [5, 5.41) is 0. The van der Waals surface area contributed by atoms with Gasteiger partial charge in [-0.3, -0.25) is 9.80 Å². The molecular formula is C23H43N3. The highest BCUT2D eigenvalue weighted by molar-refractivity contribution is 5.03. The lowest BCUT2D eigenvalue weighted by molar-refractivity contribution is -0.0598. The van der Waals surface area contributed by atoms with Gasteiger partial charge in [0.05, 0.1) is 0 Å². The molecule has 0 aromatic rings. The van der Waals surface area contributed by atoms with E-state index in [-0.39, 0.29) is 0 Å². The van der Waals surface area contributed by atoms with Gasteiger partial charge in [0.25, 0.3) is 0 Å². The molecule has 0 N–H and O–H groups in total. The lowest BCUT2D eigenvalue weighted by Gasteiger charge is -2.56. The van der Waals surface area contributed by atoms with Crippen molar-refractivity contribution in [1.29, 1.82) is 0 Å². The number of nitrogens with zero attached hydrogens (tertiary/aromatic N) is 3. The fraction of sp³-hybridized carbons (Fsp3) is 1.00. The van der Waals surface area contributed by atoms with E-state index in [1.54, 1.807) is 0 Å². The highest BCUT2D eigenvalue weighted by Gasteiger charge is 2.50. The van der Waals surface area contributed by atoms with Crippen molar-refractivity contribution in [3.05, 3.63) is 0 Å². The van der Waals surface area contributed by atoms with E-state index in [9.17, 15) is 0 Å². The first-order valence-corrected chi connectivity index (χ1v) is 11.6. The largest absolute Gasteiger partial charge is 0.303 e. The zero-order chi connectivity index (χ0) is 18.4. The highest BCUT2D eigenvalue weighted by Crippen LogP contribution is 2.54. The number of piperidine rings is 1. The van der Waals surface area contributed by atoms with E-state index in [4.69, 9.17) is 0 Å². The molecule has 0 unspecified atom stereocenters. The van der Waals surface area contributed by atoms with Gasteiger partial charge in [-0.15, -0.1) is 0 Å². The highest BCUT2D eigenvalue weighted by atomic mass is 15.3. The minimum absolute atomic E-state index is 0.719. The van der Waals surface area contributed by atoms with E-state index in [1.165, 1.54) is 90.8 Å². The van der Waals surface area contributed by atoms with Gasteiger partial charge in [0.1, 0.15) is 0 Å². The van der Waals surface area contributed by atoms with Gasteiger partial charge in [-0.25, -0.2) is 0 Å². The first-order chi connectivity index (χ1) is 12.4. The smallest absolute Gasteiger partial charge is 0.0113 e. The van der Waals surface area contributed by atoms with E-state index in [2.05, 4.69) is 42.4 Å². The number of likely N-dealkylation sites (tertiary alicyclic amines) is 1. The minimum atomic E-state index is 0.719. The van der Waals surface area contributed by atoms with Gasteiger partial charge < -0.3 is 4.90 Å². The van der Waals surface area contributed by atoms with Crippen LogP contribution in [0.5, 0.6) is 0 Å². The summed E-state index contributed by atoms with van der Waals surface area (Å²) in [5.41, 5.74) is 1.45. The Hall–Kier alpha value is -0.120. The van der Waals surface area contributed by atoms with Crippen molar-refractivity contribution in [2.45, 2.75) is 84.7 Å². The van der Waals surface area contributed by atoms with Crippen LogP contribution >= 0.6 is 0 Å². The molecule has 0 radical (unpaired) electrons. The molecule has 4 fully saturated rings. The third kappa shape index (κ3) is 4.15. The average Bonchev–Trinajstić information content (AvgIpc) is 3.32. The van der Waals surface area contributed by atoms with Crippen LogP contribution < -0.4 is 0 Å². The topological polar surface area (TPSA) is 9.72 Å². The molecule has 0 aromatic carbocycles. The molecule has 26 heavy (non-hydrogen) atoms. The maximum absolute atomic E-state index is 2.83. The van der Waals surface area contributed by atoms with Crippen molar-refractivity contribution < 1.29 is 0 Å². The van der Waals surface area contributed by atoms with Crippen molar-refractivity contribution >= 4 is 0 Å². The lowest BCUT2D eigenvalue weighted by Crippen LogP contribution is -2.59. The summed E-state index contributed by atoms with van der Waals surface area (Å²) in [6, 6.07) is 1.63. The fourth-order valence-corrected chi connectivity index (χ4v) is 6.35. The molecule has 4 rings (SSSR count). The fourth-order valence-electron chi connectivity index (χ4n) is 6.35. The van der Waals surface area contributed by atoms with Gasteiger partial charge in [-0.05, 0) is 88.6 Å². The van der Waals surface area contributed by atoms with E-state index in [1.807, 2.05) is 0 Å². The number of piperazine rings is 1. The Morgan fingerprint density at radius 1 is 0.808 bits per heavy atom. The van der Waals surface area contributed by atoms with Gasteiger partial charge in [0, 0.05) is 44.8 Å². The zero-order valence-electron chi connectivity index (χ0n) is 18.0. The van der Waals surface area contributed by atoms with Gasteiger partial charge in [-0.2, -0.15) is 0 Å². The Morgan fingerprint density at radius 2 is 1.42 bits per heavy atom. The Bertz CT molecular complexity index is 458. The SMILES string of the molecule is CC(C)CC1(CN2CCC3(CC2)CC(N2CCN(C(C)C)CC2)C3)CC1. The summed E-state index contributed by atoms with van der Waals surface area (Å²) >= 11 is 0. The molecule has 0 amide bonds. The van der Waals surface area contributed by atoms with Crippen molar-refractivity contribution in [2.24, 2.45) is 16.7 Å². The first-order valence-electron chi connectivity index (χ1n) is 11.6. The second-order valence-electron chi connectivity index (χ2n) is 11.1. The summed E-state index contributed by atoms with van der Waals surface area (Å²) in [6.45, 7) is 18.8. The molecule has 3 nitrogen and oxygen atoms in total. The molecule has 2 aliphatic carbocycles. The van der Waals surface area contributed by atoms with E-state index in [0.717, 1.165) is 28.8 Å². The summed E-state index contributed by atoms with van der Waals surface area (Å²) in [4.78, 5) is 8.29. The van der Waals surface area contributed by atoms with Crippen LogP contribution in [0.15, 0.2) is 0 Å². The maximum atomic E-state index is 2.83. The van der Waals surface area contributed by atoms with E-state index in [0.29, 0.717) is 0 Å². The van der Waals surface area contributed by atoms with E-state index < -0.39 is 0 Å². The molecule has 4 aliphatic rings. The quantitative estimate of drug-likeness (QED) is 0.706. The van der Waals surface area contributed by atoms with Crippen LogP contribution in [0, 0.1) is 16.7 Å². The molecular weight excluding hydrogens is 318 g/mol. The summed E-state index contributed by atoms with van der Waals surface area (Å²) < 4.78 is 0. The molecule has 2 saturated heterocycles. The Kier molecular flexibility index (Phi) is 5.44. The second kappa shape index (κ2) is 7.37. The van der Waals surface area contributed by atoms with Gasteiger partial charge >= 0.3 is 0 Å². The van der Waals surface area contributed by atoms with Crippen molar-refractivity contribution in [3.63, 3.8) is 0 Å². The molecule has 2 aliphatic heterocycles. The van der Waals surface area contributed by atoms with Crippen molar-refractivity contribution in [2.75, 3.05) is 45.8 Å². The lowest BCUT2D eigenvalue weighted by atomic mass is 9.60. The molecule has 2 saturated carbocycles. The molecule has 0 bridgehead atoms. The van der Waals surface area contributed by atoms with E-state index >= 15 is 0 Å². The third-order valence-corrected chi connectivity index (χ3v) is 8.21. The summed E-state index contributed by atoms with van der Waals surface area (Å²) in [6.07, 6.45) is 10.4. The van der Waals surface area contributed by atoms with Crippen molar-refractivity contribution in [3.8, 4) is 0 Å². The Labute approximate surface area is 162 Å². The van der Waals surface area contributed by atoms with Gasteiger partial charge in [0.15, 0.2) is 0 Å². The van der Waals surface area contributed by atoms with Crippen LogP contribution in [0.1, 0.15) is 72.6 Å². The normalized spacial score (nSPS) is 30.2. The molecule has 2 heterocycles. The number of rotatable bonds is 6. The maximum Gasteiger partial charge on any atom is 0.0113 e. The predicted octanol–water partition coefficient (Wildman–Crippen LogP) is 4.08. The van der Waals surface area contributed by atoms with Gasteiger partial charge in [0.2, 0.25) is 0 Å². The Morgan fingerprint density at radius 3 is 1.92 bits per heavy atom. The minimum Gasteiger partial charge on any atom is -0.303 e.